The first-order chi connectivity index (χ1) is 6.63. The van der Waals surface area contributed by atoms with Crippen LogP contribution in [0.25, 0.3) is 0 Å². The molecule has 0 aromatic rings. The molecule has 0 bridgehead atoms. The van der Waals surface area contributed by atoms with Crippen LogP contribution in [-0.2, 0) is 4.74 Å². The van der Waals surface area contributed by atoms with Gasteiger partial charge >= 0.3 is 0 Å². The van der Waals surface area contributed by atoms with Crippen molar-refractivity contribution >= 4 is 5.84 Å². The van der Waals surface area contributed by atoms with Gasteiger partial charge in [-0.05, 0) is 13.3 Å². The summed E-state index contributed by atoms with van der Waals surface area (Å²) in [4.78, 5) is 2.38. The molecule has 4 nitrogen and oxygen atoms in total. The molecule has 4 heteroatoms. The summed E-state index contributed by atoms with van der Waals surface area (Å²) in [6.45, 7) is 6.97. The maximum absolute atomic E-state index is 7.32. The van der Waals surface area contributed by atoms with Crippen LogP contribution < -0.4 is 5.73 Å². The first-order valence-corrected chi connectivity index (χ1v) is 5.32. The molecule has 0 aromatic heterocycles. The first-order valence-electron chi connectivity index (χ1n) is 5.32. The van der Waals surface area contributed by atoms with E-state index >= 15 is 0 Å². The highest BCUT2D eigenvalue weighted by Crippen LogP contribution is 2.13. The predicted molar refractivity (Wildman–Crippen MR) is 57.6 cm³/mol. The highest BCUT2D eigenvalue weighted by Gasteiger charge is 2.23. The van der Waals surface area contributed by atoms with E-state index in [2.05, 4.69) is 18.7 Å². The minimum absolute atomic E-state index is 0.288. The SMILES string of the molecule is CCC(CC(=N)N)N1CCOC(C)C1. The summed E-state index contributed by atoms with van der Waals surface area (Å²) in [6.07, 6.45) is 2.04. The molecule has 3 N–H and O–H groups in total. The molecule has 1 fully saturated rings. The number of amidine groups is 1. The Bertz CT molecular complexity index is 196. The van der Waals surface area contributed by atoms with Crippen molar-refractivity contribution in [3.05, 3.63) is 0 Å². The highest BCUT2D eigenvalue weighted by atomic mass is 16.5. The topological polar surface area (TPSA) is 62.3 Å². The Morgan fingerprint density at radius 2 is 2.43 bits per heavy atom. The van der Waals surface area contributed by atoms with Gasteiger partial charge in [0.25, 0.3) is 0 Å². The Labute approximate surface area is 85.9 Å². The molecule has 0 aliphatic carbocycles. The molecule has 2 unspecified atom stereocenters. The fraction of sp³-hybridized carbons (Fsp3) is 0.900. The summed E-state index contributed by atoms with van der Waals surface area (Å²) in [6, 6.07) is 0.416. The van der Waals surface area contributed by atoms with Gasteiger partial charge in [0.15, 0.2) is 0 Å². The standard InChI is InChI=1S/C10H21N3O/c1-3-9(6-10(11)12)13-4-5-14-8(2)7-13/h8-9H,3-7H2,1-2H3,(H3,11,12). The van der Waals surface area contributed by atoms with E-state index in [1.165, 1.54) is 0 Å². The van der Waals surface area contributed by atoms with E-state index in [4.69, 9.17) is 15.9 Å². The summed E-state index contributed by atoms with van der Waals surface area (Å²) in [5.41, 5.74) is 5.44. The smallest absolute Gasteiger partial charge is 0.0921 e. The molecule has 14 heavy (non-hydrogen) atoms. The molecule has 1 aliphatic heterocycles. The number of nitrogens with one attached hydrogen (secondary N) is 1. The molecule has 0 spiro atoms. The molecule has 82 valence electrons. The van der Waals surface area contributed by atoms with Crippen molar-refractivity contribution in [1.29, 1.82) is 5.41 Å². The number of hydrogen-bond acceptors (Lipinski definition) is 3. The molecule has 0 aromatic carbocycles. The van der Waals surface area contributed by atoms with Gasteiger partial charge in [0.1, 0.15) is 0 Å². The third-order valence-electron chi connectivity index (χ3n) is 2.72. The van der Waals surface area contributed by atoms with Crippen molar-refractivity contribution in [2.24, 2.45) is 5.73 Å². The summed E-state index contributed by atoms with van der Waals surface area (Å²) in [5.74, 6) is 0.288. The third kappa shape index (κ3) is 3.27. The Kier molecular flexibility index (Phi) is 4.35. The Hall–Kier alpha value is -0.610. The molecule has 1 saturated heterocycles. The monoisotopic (exact) mass is 199 g/mol. The number of nitrogens with two attached hydrogens (primary N) is 1. The largest absolute Gasteiger partial charge is 0.388 e. The molecule has 1 aliphatic rings. The Morgan fingerprint density at radius 3 is 2.93 bits per heavy atom. The van der Waals surface area contributed by atoms with Gasteiger partial charge in [0, 0.05) is 25.6 Å². The molecule has 0 amide bonds. The average molecular weight is 199 g/mol. The zero-order valence-corrected chi connectivity index (χ0v) is 9.12. The Morgan fingerprint density at radius 1 is 1.71 bits per heavy atom. The van der Waals surface area contributed by atoms with E-state index < -0.39 is 0 Å². The number of rotatable bonds is 4. The van der Waals surface area contributed by atoms with Crippen molar-refractivity contribution in [3.8, 4) is 0 Å². The van der Waals surface area contributed by atoms with Crippen molar-refractivity contribution in [3.63, 3.8) is 0 Å². The van der Waals surface area contributed by atoms with Crippen molar-refractivity contribution in [1.82, 2.24) is 4.90 Å². The summed E-state index contributed by atoms with van der Waals surface area (Å²) in [7, 11) is 0. The van der Waals surface area contributed by atoms with Gasteiger partial charge in [-0.25, -0.2) is 0 Å². The molecule has 1 heterocycles. The van der Waals surface area contributed by atoms with Crippen molar-refractivity contribution < 1.29 is 4.74 Å². The van der Waals surface area contributed by atoms with Crippen LogP contribution in [0, 0.1) is 5.41 Å². The maximum atomic E-state index is 7.32. The summed E-state index contributed by atoms with van der Waals surface area (Å²) >= 11 is 0. The fourth-order valence-corrected chi connectivity index (χ4v) is 1.96. The predicted octanol–water partition coefficient (Wildman–Crippen LogP) is 0.812. The Balaban J connectivity index is 2.46. The van der Waals surface area contributed by atoms with Crippen molar-refractivity contribution in [2.45, 2.75) is 38.8 Å². The lowest BCUT2D eigenvalue weighted by molar-refractivity contribution is -0.0335. The van der Waals surface area contributed by atoms with E-state index in [9.17, 15) is 0 Å². The molecule has 1 rings (SSSR count). The fourth-order valence-electron chi connectivity index (χ4n) is 1.96. The summed E-state index contributed by atoms with van der Waals surface area (Å²) < 4.78 is 5.48. The minimum atomic E-state index is 0.288. The second-order valence-corrected chi connectivity index (χ2v) is 3.97. The molecule has 0 radical (unpaired) electrons. The van der Waals surface area contributed by atoms with E-state index in [0.717, 1.165) is 26.1 Å². The zero-order chi connectivity index (χ0) is 10.6. The second-order valence-electron chi connectivity index (χ2n) is 3.97. The van der Waals surface area contributed by atoms with E-state index in [0.29, 0.717) is 18.6 Å². The lowest BCUT2D eigenvalue weighted by Gasteiger charge is -2.36. The maximum Gasteiger partial charge on any atom is 0.0921 e. The van der Waals surface area contributed by atoms with E-state index in [1.807, 2.05) is 0 Å². The van der Waals surface area contributed by atoms with Gasteiger partial charge in [0.2, 0.25) is 0 Å². The van der Waals surface area contributed by atoms with Gasteiger partial charge < -0.3 is 10.5 Å². The third-order valence-corrected chi connectivity index (χ3v) is 2.72. The zero-order valence-electron chi connectivity index (χ0n) is 9.12. The minimum Gasteiger partial charge on any atom is -0.388 e. The van der Waals surface area contributed by atoms with Gasteiger partial charge in [-0.1, -0.05) is 6.92 Å². The molecule has 2 atom stereocenters. The van der Waals surface area contributed by atoms with Crippen LogP contribution in [0.2, 0.25) is 0 Å². The number of hydrogen-bond donors (Lipinski definition) is 2. The quantitative estimate of drug-likeness (QED) is 0.520. The normalized spacial score (nSPS) is 26.0. The average Bonchev–Trinajstić information content (AvgIpc) is 2.14. The first kappa shape index (κ1) is 11.5. The van der Waals surface area contributed by atoms with Crippen LogP contribution in [0.1, 0.15) is 26.7 Å². The van der Waals surface area contributed by atoms with Crippen molar-refractivity contribution in [2.75, 3.05) is 19.7 Å². The number of ether oxygens (including phenoxy) is 1. The summed E-state index contributed by atoms with van der Waals surface area (Å²) in [5, 5.41) is 7.32. The van der Waals surface area contributed by atoms with Crippen LogP contribution in [-0.4, -0.2) is 42.6 Å². The van der Waals surface area contributed by atoms with Crippen LogP contribution in [0.15, 0.2) is 0 Å². The van der Waals surface area contributed by atoms with Gasteiger partial charge in [0.05, 0.1) is 18.5 Å². The number of nitrogens with zero attached hydrogens (tertiary/aromatic N) is 1. The van der Waals surface area contributed by atoms with Gasteiger partial charge in [-0.2, -0.15) is 0 Å². The lowest BCUT2D eigenvalue weighted by Crippen LogP contribution is -2.47. The number of morpholine rings is 1. The lowest BCUT2D eigenvalue weighted by atomic mass is 10.1. The van der Waals surface area contributed by atoms with Crippen LogP contribution >= 0.6 is 0 Å². The van der Waals surface area contributed by atoms with Crippen LogP contribution in [0.5, 0.6) is 0 Å². The van der Waals surface area contributed by atoms with Crippen LogP contribution in [0.3, 0.4) is 0 Å². The van der Waals surface area contributed by atoms with Gasteiger partial charge in [-0.3, -0.25) is 10.3 Å². The molecular weight excluding hydrogens is 178 g/mol. The van der Waals surface area contributed by atoms with Crippen LogP contribution in [0.4, 0.5) is 0 Å². The second kappa shape index (κ2) is 5.32. The molecule has 0 saturated carbocycles. The highest BCUT2D eigenvalue weighted by molar-refractivity contribution is 5.77. The molecular formula is C10H21N3O. The van der Waals surface area contributed by atoms with E-state index in [-0.39, 0.29) is 5.84 Å². The van der Waals surface area contributed by atoms with E-state index in [1.54, 1.807) is 0 Å². The van der Waals surface area contributed by atoms with Gasteiger partial charge in [-0.15, -0.1) is 0 Å².